The van der Waals surface area contributed by atoms with E-state index >= 15 is 0 Å². The van der Waals surface area contributed by atoms with Crippen LogP contribution < -0.4 is 5.32 Å². The minimum absolute atomic E-state index is 0.273. The second-order valence-corrected chi connectivity index (χ2v) is 6.75. The molecular weight excluding hydrogens is 246 g/mol. The van der Waals surface area contributed by atoms with Gasteiger partial charge in [-0.1, -0.05) is 19.3 Å². The lowest BCUT2D eigenvalue weighted by Gasteiger charge is -2.26. The van der Waals surface area contributed by atoms with Crippen LogP contribution in [-0.2, 0) is 4.79 Å². The van der Waals surface area contributed by atoms with Gasteiger partial charge < -0.3 is 5.32 Å². The van der Waals surface area contributed by atoms with Gasteiger partial charge in [0.05, 0.1) is 0 Å². The van der Waals surface area contributed by atoms with E-state index in [1.165, 1.54) is 44.9 Å². The molecule has 0 aromatic heterocycles. The van der Waals surface area contributed by atoms with E-state index in [0.717, 1.165) is 25.8 Å². The maximum Gasteiger partial charge on any atom is 0.220 e. The average molecular weight is 272 g/mol. The van der Waals surface area contributed by atoms with Crippen molar-refractivity contribution in [1.82, 2.24) is 5.32 Å². The zero-order valence-corrected chi connectivity index (χ0v) is 12.1. The Morgan fingerprint density at radius 2 is 1.61 bits per heavy atom. The molecule has 1 amide bonds. The summed E-state index contributed by atoms with van der Waals surface area (Å²) < 4.78 is 0. The molecule has 0 heterocycles. The monoisotopic (exact) mass is 271 g/mol. The topological polar surface area (TPSA) is 29.1 Å². The molecule has 104 valence electrons. The summed E-state index contributed by atoms with van der Waals surface area (Å²) in [5.41, 5.74) is 0. The quantitative estimate of drug-likeness (QED) is 0.773. The molecule has 0 aromatic rings. The van der Waals surface area contributed by atoms with Crippen LogP contribution in [0.3, 0.4) is 0 Å². The molecule has 0 aromatic carbocycles. The average Bonchev–Trinajstić information content (AvgIpc) is 2.39. The van der Waals surface area contributed by atoms with Crippen molar-refractivity contribution in [3.63, 3.8) is 0 Å². The van der Waals surface area contributed by atoms with Crippen molar-refractivity contribution in [2.45, 2.75) is 69.6 Å². The van der Waals surface area contributed by atoms with Gasteiger partial charge in [0, 0.05) is 18.3 Å². The molecule has 1 N–H and O–H groups in total. The summed E-state index contributed by atoms with van der Waals surface area (Å²) in [6.45, 7) is 0.870. The maximum atomic E-state index is 11.9. The lowest BCUT2D eigenvalue weighted by Crippen LogP contribution is -2.32. The van der Waals surface area contributed by atoms with Crippen LogP contribution in [-0.4, -0.2) is 17.8 Å². The number of carbonyl (C=O) groups excluding carboxylic acids is 1. The van der Waals surface area contributed by atoms with Gasteiger partial charge in [0.25, 0.3) is 0 Å². The van der Waals surface area contributed by atoms with Crippen LogP contribution in [0.1, 0.15) is 64.2 Å². The molecule has 0 radical (unpaired) electrons. The highest BCUT2D eigenvalue weighted by Crippen LogP contribution is 2.28. The standard InChI is InChI=1S/C15H26ClNO/c16-14-8-6-13(7-9-14)11-17-15(18)10-12-4-2-1-3-5-12/h12-14H,1-11H2,(H,17,18). The smallest absolute Gasteiger partial charge is 0.220 e. The van der Waals surface area contributed by atoms with Crippen molar-refractivity contribution in [3.05, 3.63) is 0 Å². The molecule has 3 heteroatoms. The van der Waals surface area contributed by atoms with E-state index in [9.17, 15) is 4.79 Å². The third kappa shape index (κ3) is 4.79. The minimum Gasteiger partial charge on any atom is -0.356 e. The Labute approximate surface area is 116 Å². The van der Waals surface area contributed by atoms with Crippen molar-refractivity contribution < 1.29 is 4.79 Å². The number of hydrogen-bond acceptors (Lipinski definition) is 1. The van der Waals surface area contributed by atoms with E-state index in [4.69, 9.17) is 11.6 Å². The molecule has 2 aliphatic carbocycles. The van der Waals surface area contributed by atoms with Gasteiger partial charge in [0.1, 0.15) is 0 Å². The molecule has 2 saturated carbocycles. The fourth-order valence-electron chi connectivity index (χ4n) is 3.31. The number of alkyl halides is 1. The first-order chi connectivity index (χ1) is 8.74. The van der Waals surface area contributed by atoms with Gasteiger partial charge in [-0.15, -0.1) is 11.6 Å². The number of hydrogen-bond donors (Lipinski definition) is 1. The summed E-state index contributed by atoms with van der Waals surface area (Å²) in [5.74, 6) is 1.59. The van der Waals surface area contributed by atoms with Crippen LogP contribution in [0.4, 0.5) is 0 Å². The Balaban J connectivity index is 1.59. The molecule has 2 aliphatic rings. The first-order valence-corrected chi connectivity index (χ1v) is 8.08. The van der Waals surface area contributed by atoms with Crippen LogP contribution >= 0.6 is 11.6 Å². The van der Waals surface area contributed by atoms with Gasteiger partial charge in [-0.25, -0.2) is 0 Å². The highest BCUT2D eigenvalue weighted by atomic mass is 35.5. The number of amides is 1. The van der Waals surface area contributed by atoms with Gasteiger partial charge in [-0.3, -0.25) is 4.79 Å². The Hall–Kier alpha value is -0.240. The van der Waals surface area contributed by atoms with E-state index in [2.05, 4.69) is 5.32 Å². The van der Waals surface area contributed by atoms with Crippen molar-refractivity contribution in [2.24, 2.45) is 11.8 Å². The van der Waals surface area contributed by atoms with E-state index < -0.39 is 0 Å². The van der Waals surface area contributed by atoms with Gasteiger partial charge in [-0.2, -0.15) is 0 Å². The van der Waals surface area contributed by atoms with Crippen LogP contribution in [0, 0.1) is 11.8 Å². The largest absolute Gasteiger partial charge is 0.356 e. The van der Waals surface area contributed by atoms with E-state index in [0.29, 0.717) is 17.2 Å². The van der Waals surface area contributed by atoms with E-state index in [1.54, 1.807) is 0 Å². The van der Waals surface area contributed by atoms with E-state index in [1.807, 2.05) is 0 Å². The molecule has 2 nitrogen and oxygen atoms in total. The molecule has 0 bridgehead atoms. The summed E-state index contributed by atoms with van der Waals surface area (Å²) >= 11 is 6.09. The highest BCUT2D eigenvalue weighted by molar-refractivity contribution is 6.20. The summed E-state index contributed by atoms with van der Waals surface area (Å²) in [4.78, 5) is 11.9. The molecule has 2 fully saturated rings. The number of halogens is 1. The summed E-state index contributed by atoms with van der Waals surface area (Å²) in [7, 11) is 0. The second kappa shape index (κ2) is 7.37. The first kappa shape index (κ1) is 14.2. The van der Waals surface area contributed by atoms with Gasteiger partial charge >= 0.3 is 0 Å². The zero-order valence-electron chi connectivity index (χ0n) is 11.3. The van der Waals surface area contributed by atoms with Crippen LogP contribution in [0.25, 0.3) is 0 Å². The Morgan fingerprint density at radius 1 is 0.944 bits per heavy atom. The molecule has 0 spiro atoms. The zero-order chi connectivity index (χ0) is 12.8. The van der Waals surface area contributed by atoms with Gasteiger partial charge in [0.15, 0.2) is 0 Å². The Bertz CT molecular complexity index is 255. The SMILES string of the molecule is O=C(CC1CCCCC1)NCC1CCC(Cl)CC1. The fourth-order valence-corrected chi connectivity index (χ4v) is 3.56. The predicted octanol–water partition coefficient (Wildman–Crippen LogP) is 3.87. The lowest BCUT2D eigenvalue weighted by molar-refractivity contribution is -0.122. The highest BCUT2D eigenvalue weighted by Gasteiger charge is 2.21. The molecule has 0 aliphatic heterocycles. The van der Waals surface area contributed by atoms with E-state index in [-0.39, 0.29) is 5.91 Å². The van der Waals surface area contributed by atoms with Crippen molar-refractivity contribution in [1.29, 1.82) is 0 Å². The predicted molar refractivity (Wildman–Crippen MR) is 75.8 cm³/mol. The van der Waals surface area contributed by atoms with Crippen LogP contribution in [0.2, 0.25) is 0 Å². The van der Waals surface area contributed by atoms with Crippen LogP contribution in [0.15, 0.2) is 0 Å². The number of nitrogens with one attached hydrogen (secondary N) is 1. The molecule has 0 saturated heterocycles. The summed E-state index contributed by atoms with van der Waals surface area (Å²) in [5, 5.41) is 3.51. The van der Waals surface area contributed by atoms with Gasteiger partial charge in [0.2, 0.25) is 5.91 Å². The van der Waals surface area contributed by atoms with Crippen molar-refractivity contribution in [2.75, 3.05) is 6.54 Å². The molecule has 0 atom stereocenters. The second-order valence-electron chi connectivity index (χ2n) is 6.13. The molecule has 2 rings (SSSR count). The fraction of sp³-hybridized carbons (Fsp3) is 0.933. The maximum absolute atomic E-state index is 11.9. The van der Waals surface area contributed by atoms with Crippen molar-refractivity contribution in [3.8, 4) is 0 Å². The lowest BCUT2D eigenvalue weighted by atomic mass is 9.86. The summed E-state index contributed by atoms with van der Waals surface area (Å²) in [6, 6.07) is 0. The third-order valence-corrected chi connectivity index (χ3v) is 5.00. The minimum atomic E-state index is 0.273. The van der Waals surface area contributed by atoms with Gasteiger partial charge in [-0.05, 0) is 50.4 Å². The number of rotatable bonds is 4. The number of carbonyl (C=O) groups is 1. The molecule has 0 unspecified atom stereocenters. The first-order valence-electron chi connectivity index (χ1n) is 7.65. The molecular formula is C15H26ClNO. The summed E-state index contributed by atoms with van der Waals surface area (Å²) in [6.07, 6.45) is 11.8. The normalized spacial score (nSPS) is 30.1. The van der Waals surface area contributed by atoms with Crippen molar-refractivity contribution >= 4 is 17.5 Å². The Morgan fingerprint density at radius 3 is 2.28 bits per heavy atom. The van der Waals surface area contributed by atoms with Crippen LogP contribution in [0.5, 0.6) is 0 Å². The Kier molecular flexibility index (Phi) is 5.81. The molecule has 18 heavy (non-hydrogen) atoms. The third-order valence-electron chi connectivity index (χ3n) is 4.56.